The molecule has 0 atom stereocenters. The molecule has 2 aliphatic heterocycles. The van der Waals surface area contributed by atoms with Crippen LogP contribution in [0.1, 0.15) is 31.2 Å². The third-order valence-electron chi connectivity index (χ3n) is 5.33. The molecular weight excluding hydrogens is 329 g/mol. The molecule has 6 heteroatoms. The first kappa shape index (κ1) is 17.1. The topological polar surface area (TPSA) is 44.3 Å². The lowest BCUT2D eigenvalue weighted by Crippen LogP contribution is -2.39. The van der Waals surface area contributed by atoms with Gasteiger partial charge in [0.25, 0.3) is 0 Å². The van der Waals surface area contributed by atoms with E-state index in [1.807, 2.05) is 4.90 Å². The monoisotopic (exact) mass is 355 g/mol. The summed E-state index contributed by atoms with van der Waals surface area (Å²) in [5, 5.41) is 3.41. The van der Waals surface area contributed by atoms with Crippen LogP contribution in [0.15, 0.2) is 30.5 Å². The van der Waals surface area contributed by atoms with Crippen LogP contribution in [-0.2, 0) is 0 Å². The number of piperidine rings is 1. The number of anilines is 3. The minimum absolute atomic E-state index is 0.327. The summed E-state index contributed by atoms with van der Waals surface area (Å²) in [7, 11) is 0. The Morgan fingerprint density at radius 3 is 2.58 bits per heavy atom. The first-order chi connectivity index (χ1) is 12.7. The summed E-state index contributed by atoms with van der Waals surface area (Å²) in [5.74, 6) is 0.659. The molecule has 26 heavy (non-hydrogen) atoms. The van der Waals surface area contributed by atoms with Gasteiger partial charge < -0.3 is 15.1 Å². The first-order valence-electron chi connectivity index (χ1n) is 9.55. The SMILES string of the molecule is Cc1cccc(N2CCC(Nc3ncc(F)c(N4CCCC4)n3)CC2)c1. The van der Waals surface area contributed by atoms with Crippen LogP contribution >= 0.6 is 0 Å². The van der Waals surface area contributed by atoms with E-state index in [9.17, 15) is 4.39 Å². The van der Waals surface area contributed by atoms with Crippen LogP contribution < -0.4 is 15.1 Å². The predicted octanol–water partition coefficient (Wildman–Crippen LogP) is 3.61. The summed E-state index contributed by atoms with van der Waals surface area (Å²) in [6.07, 6.45) is 5.54. The zero-order valence-electron chi connectivity index (χ0n) is 15.3. The van der Waals surface area contributed by atoms with Gasteiger partial charge in [-0.25, -0.2) is 9.37 Å². The second-order valence-electron chi connectivity index (χ2n) is 7.30. The number of nitrogens with zero attached hydrogens (tertiary/aromatic N) is 4. The molecule has 5 nitrogen and oxygen atoms in total. The summed E-state index contributed by atoms with van der Waals surface area (Å²) in [4.78, 5) is 13.0. The number of hydrogen-bond donors (Lipinski definition) is 1. The predicted molar refractivity (Wildman–Crippen MR) is 103 cm³/mol. The van der Waals surface area contributed by atoms with Crippen LogP contribution in [0.5, 0.6) is 0 Å². The van der Waals surface area contributed by atoms with Gasteiger partial charge in [0.05, 0.1) is 6.20 Å². The standard InChI is InChI=1S/C20H26FN5/c1-15-5-4-6-17(13-15)25-11-7-16(8-12-25)23-20-22-14-18(21)19(24-20)26-9-2-3-10-26/h4-6,13-14,16H,2-3,7-12H2,1H3,(H,22,23,24). The maximum Gasteiger partial charge on any atom is 0.225 e. The molecule has 0 saturated carbocycles. The highest BCUT2D eigenvalue weighted by molar-refractivity contribution is 5.49. The average Bonchev–Trinajstić information content (AvgIpc) is 3.18. The highest BCUT2D eigenvalue weighted by Gasteiger charge is 2.22. The van der Waals surface area contributed by atoms with Gasteiger partial charge in [0.2, 0.25) is 5.95 Å². The van der Waals surface area contributed by atoms with Crippen LogP contribution in [0.4, 0.5) is 21.8 Å². The van der Waals surface area contributed by atoms with Gasteiger partial charge in [-0.15, -0.1) is 0 Å². The van der Waals surface area contributed by atoms with Crippen molar-refractivity contribution in [3.63, 3.8) is 0 Å². The van der Waals surface area contributed by atoms with E-state index >= 15 is 0 Å². The average molecular weight is 355 g/mol. The van der Waals surface area contributed by atoms with Crippen LogP contribution in [0.25, 0.3) is 0 Å². The molecule has 0 radical (unpaired) electrons. The normalized spacial score (nSPS) is 18.4. The Hall–Kier alpha value is -2.37. The molecule has 0 amide bonds. The minimum Gasteiger partial charge on any atom is -0.371 e. The van der Waals surface area contributed by atoms with Gasteiger partial charge in [-0.3, -0.25) is 0 Å². The number of hydrogen-bond acceptors (Lipinski definition) is 5. The van der Waals surface area contributed by atoms with Crippen LogP contribution in [0.3, 0.4) is 0 Å². The van der Waals surface area contributed by atoms with Gasteiger partial charge in [-0.2, -0.15) is 4.98 Å². The Morgan fingerprint density at radius 1 is 1.08 bits per heavy atom. The summed E-state index contributed by atoms with van der Waals surface area (Å²) in [5.41, 5.74) is 2.58. The maximum absolute atomic E-state index is 14.1. The summed E-state index contributed by atoms with van der Waals surface area (Å²) in [6, 6.07) is 8.97. The van der Waals surface area contributed by atoms with Crippen molar-refractivity contribution in [2.24, 2.45) is 0 Å². The van der Waals surface area contributed by atoms with Crippen molar-refractivity contribution >= 4 is 17.5 Å². The lowest BCUT2D eigenvalue weighted by Gasteiger charge is -2.34. The van der Waals surface area contributed by atoms with Gasteiger partial charge in [-0.05, 0) is 50.3 Å². The second kappa shape index (κ2) is 7.48. The fraction of sp³-hybridized carbons (Fsp3) is 0.500. The van der Waals surface area contributed by atoms with Crippen LogP contribution in [0.2, 0.25) is 0 Å². The summed E-state index contributed by atoms with van der Waals surface area (Å²) >= 11 is 0. The van der Waals surface area contributed by atoms with Gasteiger partial charge in [0.15, 0.2) is 11.6 Å². The van der Waals surface area contributed by atoms with Crippen molar-refractivity contribution in [3.8, 4) is 0 Å². The summed E-state index contributed by atoms with van der Waals surface area (Å²) < 4.78 is 14.1. The zero-order valence-corrected chi connectivity index (χ0v) is 15.3. The molecule has 4 rings (SSSR count). The Labute approximate surface area is 154 Å². The van der Waals surface area contributed by atoms with Crippen molar-refractivity contribution in [1.29, 1.82) is 0 Å². The zero-order chi connectivity index (χ0) is 17.9. The molecular formula is C20H26FN5. The molecule has 2 fully saturated rings. The molecule has 2 aliphatic rings. The van der Waals surface area contributed by atoms with E-state index in [-0.39, 0.29) is 5.82 Å². The minimum atomic E-state index is -0.327. The molecule has 138 valence electrons. The molecule has 2 saturated heterocycles. The molecule has 0 spiro atoms. The number of benzene rings is 1. The quantitative estimate of drug-likeness (QED) is 0.908. The molecule has 0 bridgehead atoms. The van der Waals surface area contributed by atoms with E-state index in [1.165, 1.54) is 17.4 Å². The van der Waals surface area contributed by atoms with Gasteiger partial charge >= 0.3 is 0 Å². The van der Waals surface area contributed by atoms with E-state index in [1.54, 1.807) is 0 Å². The Kier molecular flexibility index (Phi) is 4.91. The number of nitrogens with one attached hydrogen (secondary N) is 1. The van der Waals surface area contributed by atoms with Crippen molar-refractivity contribution in [1.82, 2.24) is 9.97 Å². The van der Waals surface area contributed by atoms with E-state index in [4.69, 9.17) is 0 Å². The van der Waals surface area contributed by atoms with E-state index in [0.717, 1.165) is 51.9 Å². The Morgan fingerprint density at radius 2 is 1.85 bits per heavy atom. The largest absolute Gasteiger partial charge is 0.371 e. The van der Waals surface area contributed by atoms with Crippen molar-refractivity contribution in [3.05, 3.63) is 41.8 Å². The Balaban J connectivity index is 1.38. The molecule has 0 unspecified atom stereocenters. The third-order valence-corrected chi connectivity index (χ3v) is 5.33. The number of rotatable bonds is 4. The highest BCUT2D eigenvalue weighted by atomic mass is 19.1. The molecule has 0 aliphatic carbocycles. The van der Waals surface area contributed by atoms with Crippen LogP contribution in [-0.4, -0.2) is 42.2 Å². The lowest BCUT2D eigenvalue weighted by molar-refractivity contribution is 0.523. The lowest BCUT2D eigenvalue weighted by atomic mass is 10.0. The molecule has 2 aromatic rings. The molecule has 3 heterocycles. The van der Waals surface area contributed by atoms with E-state index < -0.39 is 0 Å². The first-order valence-corrected chi connectivity index (χ1v) is 9.55. The maximum atomic E-state index is 14.1. The number of aromatic nitrogens is 2. The summed E-state index contributed by atoms with van der Waals surface area (Å²) in [6.45, 7) is 5.88. The number of halogens is 1. The van der Waals surface area contributed by atoms with Gasteiger partial charge in [-0.1, -0.05) is 12.1 Å². The van der Waals surface area contributed by atoms with Crippen LogP contribution in [0, 0.1) is 12.7 Å². The van der Waals surface area contributed by atoms with E-state index in [2.05, 4.69) is 51.4 Å². The van der Waals surface area contributed by atoms with Crippen molar-refractivity contribution in [2.45, 2.75) is 38.6 Å². The third kappa shape index (κ3) is 3.74. The number of aryl methyl sites for hydroxylation is 1. The smallest absolute Gasteiger partial charge is 0.225 e. The Bertz CT molecular complexity index is 752. The van der Waals surface area contributed by atoms with Gasteiger partial charge in [0.1, 0.15) is 0 Å². The highest BCUT2D eigenvalue weighted by Crippen LogP contribution is 2.24. The molecule has 1 N–H and O–H groups in total. The molecule has 1 aromatic heterocycles. The van der Waals surface area contributed by atoms with E-state index in [0.29, 0.717) is 17.8 Å². The van der Waals surface area contributed by atoms with Crippen molar-refractivity contribution in [2.75, 3.05) is 41.3 Å². The van der Waals surface area contributed by atoms with Crippen molar-refractivity contribution < 1.29 is 4.39 Å². The fourth-order valence-corrected chi connectivity index (χ4v) is 3.87. The second-order valence-corrected chi connectivity index (χ2v) is 7.30. The van der Waals surface area contributed by atoms with Gasteiger partial charge in [0, 0.05) is 37.9 Å². The molecule has 1 aromatic carbocycles. The fourth-order valence-electron chi connectivity index (χ4n) is 3.87.